The average Bonchev–Trinajstić information content (AvgIpc) is 2.88. The van der Waals surface area contributed by atoms with E-state index < -0.39 is 10.0 Å². The Bertz CT molecular complexity index is 781. The van der Waals surface area contributed by atoms with Crippen LogP contribution in [-0.2, 0) is 10.0 Å². The second-order valence-corrected chi connectivity index (χ2v) is 10.4. The van der Waals surface area contributed by atoms with Gasteiger partial charge in [-0.25, -0.2) is 12.8 Å². The summed E-state index contributed by atoms with van der Waals surface area (Å²) in [6.45, 7) is 1.98. The topological polar surface area (TPSA) is 40.6 Å². The van der Waals surface area contributed by atoms with Crippen molar-refractivity contribution in [3.8, 4) is 0 Å². The van der Waals surface area contributed by atoms with Gasteiger partial charge in [-0.2, -0.15) is 4.31 Å². The standard InChI is InChI=1S/C14H13Br2FN2O2S2/c15-12-9-13(22-14(12)16)23(20,21)19-7-5-18(6-8-19)11-3-1-10(17)2-4-11/h1-4,9H,5-8H2. The average molecular weight is 484 g/mol. The second kappa shape index (κ2) is 6.79. The van der Waals surface area contributed by atoms with E-state index in [1.54, 1.807) is 18.2 Å². The lowest BCUT2D eigenvalue weighted by atomic mass is 10.2. The molecule has 4 nitrogen and oxygen atoms in total. The van der Waals surface area contributed by atoms with Gasteiger partial charge >= 0.3 is 0 Å². The van der Waals surface area contributed by atoms with Gasteiger partial charge in [-0.3, -0.25) is 0 Å². The summed E-state index contributed by atoms with van der Waals surface area (Å²) in [5.74, 6) is -0.274. The van der Waals surface area contributed by atoms with Crippen molar-refractivity contribution >= 4 is 58.9 Å². The SMILES string of the molecule is O=S(=O)(c1cc(Br)c(Br)s1)N1CCN(c2ccc(F)cc2)CC1. The van der Waals surface area contributed by atoms with E-state index in [-0.39, 0.29) is 5.82 Å². The first-order valence-corrected chi connectivity index (χ1v) is 10.7. The van der Waals surface area contributed by atoms with Crippen molar-refractivity contribution in [2.75, 3.05) is 31.1 Å². The van der Waals surface area contributed by atoms with E-state index in [1.165, 1.54) is 27.8 Å². The number of nitrogens with zero attached hydrogens (tertiary/aromatic N) is 2. The Morgan fingerprint density at radius 3 is 2.17 bits per heavy atom. The van der Waals surface area contributed by atoms with Crippen molar-refractivity contribution in [3.63, 3.8) is 0 Å². The van der Waals surface area contributed by atoms with E-state index in [2.05, 4.69) is 36.8 Å². The molecule has 2 aromatic rings. The van der Waals surface area contributed by atoms with E-state index in [4.69, 9.17) is 0 Å². The molecule has 1 aliphatic rings. The van der Waals surface area contributed by atoms with Crippen LogP contribution in [0.5, 0.6) is 0 Å². The van der Waals surface area contributed by atoms with Crippen LogP contribution in [0.1, 0.15) is 0 Å². The Hall–Kier alpha value is -0.480. The summed E-state index contributed by atoms with van der Waals surface area (Å²) in [6, 6.07) is 7.88. The monoisotopic (exact) mass is 482 g/mol. The summed E-state index contributed by atoms with van der Waals surface area (Å²) in [7, 11) is -3.47. The van der Waals surface area contributed by atoms with Crippen molar-refractivity contribution in [1.82, 2.24) is 4.31 Å². The van der Waals surface area contributed by atoms with Gasteiger partial charge in [-0.15, -0.1) is 11.3 Å². The minimum Gasteiger partial charge on any atom is -0.369 e. The number of hydrogen-bond acceptors (Lipinski definition) is 4. The maximum Gasteiger partial charge on any atom is 0.252 e. The lowest BCUT2D eigenvalue weighted by Crippen LogP contribution is -2.48. The van der Waals surface area contributed by atoms with Crippen molar-refractivity contribution in [2.24, 2.45) is 0 Å². The van der Waals surface area contributed by atoms with E-state index in [0.717, 1.165) is 13.9 Å². The minimum absolute atomic E-state index is 0.274. The van der Waals surface area contributed by atoms with Crippen LogP contribution in [0.3, 0.4) is 0 Å². The number of piperazine rings is 1. The number of rotatable bonds is 3. The molecule has 0 amide bonds. The lowest BCUT2D eigenvalue weighted by Gasteiger charge is -2.35. The van der Waals surface area contributed by atoms with Crippen LogP contribution < -0.4 is 4.90 Å². The van der Waals surface area contributed by atoms with Crippen molar-refractivity contribution < 1.29 is 12.8 Å². The van der Waals surface area contributed by atoms with Gasteiger partial charge in [0.05, 0.1) is 3.79 Å². The van der Waals surface area contributed by atoms with Gasteiger partial charge in [0, 0.05) is 36.3 Å². The molecule has 0 spiro atoms. The number of anilines is 1. The third kappa shape index (κ3) is 3.63. The first-order valence-electron chi connectivity index (χ1n) is 6.83. The van der Waals surface area contributed by atoms with Gasteiger partial charge in [-0.05, 0) is 62.2 Å². The third-order valence-electron chi connectivity index (χ3n) is 3.65. The van der Waals surface area contributed by atoms with Crippen LogP contribution in [0.25, 0.3) is 0 Å². The highest BCUT2D eigenvalue weighted by Gasteiger charge is 2.30. The number of benzene rings is 1. The summed E-state index contributed by atoms with van der Waals surface area (Å²) >= 11 is 7.85. The predicted molar refractivity (Wildman–Crippen MR) is 97.1 cm³/mol. The van der Waals surface area contributed by atoms with Gasteiger partial charge in [0.2, 0.25) is 0 Å². The highest BCUT2D eigenvalue weighted by atomic mass is 79.9. The third-order valence-corrected chi connectivity index (χ3v) is 9.25. The van der Waals surface area contributed by atoms with E-state index in [9.17, 15) is 12.8 Å². The predicted octanol–water partition coefficient (Wildman–Crippen LogP) is 3.92. The fourth-order valence-electron chi connectivity index (χ4n) is 2.42. The number of sulfonamides is 1. The molecule has 2 heterocycles. The summed E-state index contributed by atoms with van der Waals surface area (Å²) in [5, 5.41) is 0. The van der Waals surface area contributed by atoms with Crippen LogP contribution in [0.4, 0.5) is 10.1 Å². The summed E-state index contributed by atoms with van der Waals surface area (Å²) in [4.78, 5) is 2.06. The lowest BCUT2D eigenvalue weighted by molar-refractivity contribution is 0.386. The molecule has 0 bridgehead atoms. The van der Waals surface area contributed by atoms with Crippen LogP contribution in [0.2, 0.25) is 0 Å². The molecule has 1 saturated heterocycles. The van der Waals surface area contributed by atoms with Crippen molar-refractivity contribution in [1.29, 1.82) is 0 Å². The Kier molecular flexibility index (Phi) is 5.12. The molecule has 0 unspecified atom stereocenters. The quantitative estimate of drug-likeness (QED) is 0.664. The molecule has 1 aliphatic heterocycles. The molecule has 1 aromatic carbocycles. The van der Waals surface area contributed by atoms with Crippen molar-refractivity contribution in [2.45, 2.75) is 4.21 Å². The van der Waals surface area contributed by atoms with Gasteiger partial charge in [0.25, 0.3) is 10.0 Å². The molecule has 9 heteroatoms. The van der Waals surface area contributed by atoms with Crippen molar-refractivity contribution in [3.05, 3.63) is 44.4 Å². The molecule has 1 fully saturated rings. The van der Waals surface area contributed by atoms with Gasteiger partial charge in [0.1, 0.15) is 10.0 Å². The second-order valence-electron chi connectivity index (χ2n) is 5.05. The first kappa shape index (κ1) is 17.3. The molecule has 0 atom stereocenters. The summed E-state index contributed by atoms with van der Waals surface area (Å²) < 4.78 is 41.6. The van der Waals surface area contributed by atoms with Gasteiger partial charge in [0.15, 0.2) is 0 Å². The summed E-state index contributed by atoms with van der Waals surface area (Å²) in [5.41, 5.74) is 0.907. The largest absolute Gasteiger partial charge is 0.369 e. The molecule has 0 aliphatic carbocycles. The van der Waals surface area contributed by atoms with E-state index >= 15 is 0 Å². The van der Waals surface area contributed by atoms with Crippen LogP contribution >= 0.6 is 43.2 Å². The summed E-state index contributed by atoms with van der Waals surface area (Å²) in [6.07, 6.45) is 0. The molecular weight excluding hydrogens is 471 g/mol. The molecule has 0 N–H and O–H groups in total. The van der Waals surface area contributed by atoms with Gasteiger partial charge in [-0.1, -0.05) is 0 Å². The van der Waals surface area contributed by atoms with Crippen LogP contribution in [0, 0.1) is 5.82 Å². The van der Waals surface area contributed by atoms with Gasteiger partial charge < -0.3 is 4.90 Å². The fraction of sp³-hybridized carbons (Fsp3) is 0.286. The van der Waals surface area contributed by atoms with E-state index in [0.29, 0.717) is 30.4 Å². The highest BCUT2D eigenvalue weighted by Crippen LogP contribution is 2.36. The molecular formula is C14H13Br2FN2O2S2. The normalized spacial score (nSPS) is 16.7. The fourth-order valence-corrected chi connectivity index (χ4v) is 6.82. The Morgan fingerprint density at radius 2 is 1.65 bits per heavy atom. The smallest absolute Gasteiger partial charge is 0.252 e. The zero-order valence-electron chi connectivity index (χ0n) is 11.9. The molecule has 23 heavy (non-hydrogen) atoms. The number of hydrogen-bond donors (Lipinski definition) is 0. The minimum atomic E-state index is -3.47. The highest BCUT2D eigenvalue weighted by molar-refractivity contribution is 9.13. The maximum atomic E-state index is 13.0. The van der Waals surface area contributed by atoms with Crippen LogP contribution in [0.15, 0.2) is 42.8 Å². The molecule has 124 valence electrons. The molecule has 0 radical (unpaired) electrons. The molecule has 1 aromatic heterocycles. The maximum absolute atomic E-state index is 13.0. The zero-order chi connectivity index (χ0) is 16.6. The van der Waals surface area contributed by atoms with E-state index in [1.807, 2.05) is 0 Å². The Labute approximate surface area is 155 Å². The molecule has 0 saturated carbocycles. The first-order chi connectivity index (χ1) is 10.9. The number of thiophene rings is 1. The Balaban J connectivity index is 1.72. The Morgan fingerprint density at radius 1 is 1.04 bits per heavy atom. The molecule has 3 rings (SSSR count). The van der Waals surface area contributed by atoms with Crippen LogP contribution in [-0.4, -0.2) is 38.9 Å². The number of halogens is 3. The zero-order valence-corrected chi connectivity index (χ0v) is 16.7.